The molecule has 1 fully saturated rings. The quantitative estimate of drug-likeness (QED) is 0.133. The highest BCUT2D eigenvalue weighted by atomic mass is 35.5. The summed E-state index contributed by atoms with van der Waals surface area (Å²) in [4.78, 5) is 17.0. The second kappa shape index (κ2) is 15.7. The molecule has 0 spiro atoms. The standard InChI is InChI=1S/C24H26Cl2F4N4O2.C4H8/c1-13(14-6-4-3-5-7-14)32-22(31-2)17-9-8-15(27)10-20(17)33-23(35)34-21-18(25)11-16(12-19(21)26)36-24(28,29)30;1-3-4-2/h8-14H,3-7H2,1-2H3,(H,31,32)(H2,33,34,35);3-4H,1-2H3/b;4-3-. The lowest BCUT2D eigenvalue weighted by atomic mass is 9.84. The highest BCUT2D eigenvalue weighted by Gasteiger charge is 2.32. The Kier molecular flexibility index (Phi) is 13.1. The topological polar surface area (TPSA) is 74.8 Å². The van der Waals surface area contributed by atoms with E-state index in [9.17, 15) is 22.4 Å². The predicted molar refractivity (Wildman–Crippen MR) is 154 cm³/mol. The molecule has 0 radical (unpaired) electrons. The van der Waals surface area contributed by atoms with Crippen molar-refractivity contribution in [2.75, 3.05) is 17.7 Å². The molecular formula is C28H34Cl2F4N4O2. The summed E-state index contributed by atoms with van der Waals surface area (Å²) >= 11 is 12.0. The molecule has 40 heavy (non-hydrogen) atoms. The van der Waals surface area contributed by atoms with E-state index in [1.807, 2.05) is 26.0 Å². The smallest absolute Gasteiger partial charge is 0.406 e. The van der Waals surface area contributed by atoms with Crippen LogP contribution in [0.25, 0.3) is 0 Å². The molecule has 6 nitrogen and oxygen atoms in total. The molecule has 1 unspecified atom stereocenters. The Morgan fingerprint density at radius 2 is 1.65 bits per heavy atom. The Morgan fingerprint density at radius 1 is 1.05 bits per heavy atom. The van der Waals surface area contributed by atoms with Crippen molar-refractivity contribution in [2.45, 2.75) is 65.3 Å². The number of nitrogens with one attached hydrogen (secondary N) is 3. The van der Waals surface area contributed by atoms with Gasteiger partial charge in [0.2, 0.25) is 0 Å². The fourth-order valence-corrected chi connectivity index (χ4v) is 4.75. The zero-order chi connectivity index (χ0) is 29.9. The first-order valence-corrected chi connectivity index (χ1v) is 13.6. The Hall–Kier alpha value is -2.98. The number of halogens is 6. The maximum Gasteiger partial charge on any atom is 0.573 e. The summed E-state index contributed by atoms with van der Waals surface area (Å²) in [5.74, 6) is -0.273. The summed E-state index contributed by atoms with van der Waals surface area (Å²) in [6.45, 7) is 6.07. The zero-order valence-electron chi connectivity index (χ0n) is 22.8. The number of carbonyl (C=O) groups excluding carboxylic acids is 1. The van der Waals surface area contributed by atoms with Crippen LogP contribution in [-0.4, -0.2) is 31.3 Å². The van der Waals surface area contributed by atoms with Crippen molar-refractivity contribution < 1.29 is 27.1 Å². The molecule has 2 amide bonds. The van der Waals surface area contributed by atoms with Gasteiger partial charge in [0.05, 0.1) is 21.4 Å². The monoisotopic (exact) mass is 604 g/mol. The first-order chi connectivity index (χ1) is 18.9. The molecule has 0 aromatic heterocycles. The molecule has 3 N–H and O–H groups in total. The molecule has 1 saturated carbocycles. The van der Waals surface area contributed by atoms with Gasteiger partial charge in [-0.15, -0.1) is 13.2 Å². The summed E-state index contributed by atoms with van der Waals surface area (Å²) in [7, 11) is 1.59. The van der Waals surface area contributed by atoms with Crippen molar-refractivity contribution in [3.05, 3.63) is 63.9 Å². The molecule has 3 rings (SSSR count). The molecule has 0 aliphatic heterocycles. The van der Waals surface area contributed by atoms with E-state index in [2.05, 4.69) is 32.6 Å². The summed E-state index contributed by atoms with van der Waals surface area (Å²) in [5, 5.41) is 7.74. The van der Waals surface area contributed by atoms with E-state index in [1.54, 1.807) is 7.05 Å². The molecule has 2 aromatic rings. The number of anilines is 2. The Bertz CT molecular complexity index is 1170. The van der Waals surface area contributed by atoms with Crippen molar-refractivity contribution in [3.8, 4) is 5.75 Å². The Balaban J connectivity index is 0.00000131. The minimum absolute atomic E-state index is 0.116. The molecule has 12 heteroatoms. The molecule has 0 saturated heterocycles. The average molecular weight is 606 g/mol. The molecule has 0 heterocycles. The second-order valence-electron chi connectivity index (χ2n) is 9.15. The van der Waals surface area contributed by atoms with Gasteiger partial charge >= 0.3 is 12.4 Å². The molecule has 2 aromatic carbocycles. The van der Waals surface area contributed by atoms with Crippen LogP contribution in [0.15, 0.2) is 47.5 Å². The van der Waals surface area contributed by atoms with Crippen LogP contribution in [0.4, 0.5) is 33.7 Å². The van der Waals surface area contributed by atoms with Gasteiger partial charge in [0.25, 0.3) is 0 Å². The number of hydrogen-bond acceptors (Lipinski definition) is 3. The number of ether oxygens (including phenoxy) is 1. The maximum absolute atomic E-state index is 14.1. The largest absolute Gasteiger partial charge is 0.573 e. The van der Waals surface area contributed by atoms with Crippen LogP contribution in [-0.2, 0) is 0 Å². The first-order valence-electron chi connectivity index (χ1n) is 12.8. The summed E-state index contributed by atoms with van der Waals surface area (Å²) in [6, 6.07) is 4.89. The number of benzene rings is 2. The van der Waals surface area contributed by atoms with Crippen molar-refractivity contribution in [3.63, 3.8) is 0 Å². The van der Waals surface area contributed by atoms with Gasteiger partial charge in [0.1, 0.15) is 17.4 Å². The van der Waals surface area contributed by atoms with Crippen LogP contribution in [0.5, 0.6) is 5.75 Å². The number of carbonyl (C=O) groups is 1. The number of amides is 2. The lowest BCUT2D eigenvalue weighted by molar-refractivity contribution is -0.274. The maximum atomic E-state index is 14.1. The number of hydrogen-bond donors (Lipinski definition) is 3. The molecule has 1 atom stereocenters. The van der Waals surface area contributed by atoms with E-state index in [-0.39, 0.29) is 27.5 Å². The van der Waals surface area contributed by atoms with E-state index in [0.717, 1.165) is 31.0 Å². The van der Waals surface area contributed by atoms with Gasteiger partial charge < -0.3 is 20.7 Å². The van der Waals surface area contributed by atoms with E-state index in [4.69, 9.17) is 23.2 Å². The summed E-state index contributed by atoms with van der Waals surface area (Å²) < 4.78 is 55.3. The lowest BCUT2D eigenvalue weighted by Gasteiger charge is -2.29. The highest BCUT2D eigenvalue weighted by molar-refractivity contribution is 6.40. The normalized spacial score (nSPS) is 15.2. The third-order valence-electron chi connectivity index (χ3n) is 6.25. The molecule has 0 bridgehead atoms. The number of amidine groups is 1. The molecule has 1 aliphatic rings. The van der Waals surface area contributed by atoms with E-state index < -0.39 is 24.0 Å². The number of aliphatic imine (C=N–C) groups is 1. The van der Waals surface area contributed by atoms with Crippen LogP contribution in [0.2, 0.25) is 10.0 Å². The predicted octanol–water partition coefficient (Wildman–Crippen LogP) is 9.19. The summed E-state index contributed by atoms with van der Waals surface area (Å²) in [6.07, 6.45) is 4.85. The fraction of sp³-hybridized carbons (Fsp3) is 0.429. The molecular weight excluding hydrogens is 571 g/mol. The van der Waals surface area contributed by atoms with E-state index in [1.165, 1.54) is 31.4 Å². The number of alkyl halides is 3. The third-order valence-corrected chi connectivity index (χ3v) is 6.85. The van der Waals surface area contributed by atoms with Gasteiger partial charge in [0.15, 0.2) is 0 Å². The van der Waals surface area contributed by atoms with Crippen molar-refractivity contribution in [1.82, 2.24) is 5.32 Å². The lowest BCUT2D eigenvalue weighted by Crippen LogP contribution is -2.39. The average Bonchev–Trinajstić information content (AvgIpc) is 2.89. The van der Waals surface area contributed by atoms with E-state index >= 15 is 0 Å². The Morgan fingerprint density at radius 3 is 2.17 bits per heavy atom. The minimum Gasteiger partial charge on any atom is -0.406 e. The zero-order valence-corrected chi connectivity index (χ0v) is 24.3. The first kappa shape index (κ1) is 33.2. The minimum atomic E-state index is -4.94. The fourth-order valence-electron chi connectivity index (χ4n) is 4.19. The van der Waals surface area contributed by atoms with Crippen LogP contribution >= 0.6 is 23.2 Å². The molecule has 220 valence electrons. The highest BCUT2D eigenvalue weighted by Crippen LogP contribution is 2.37. The van der Waals surface area contributed by atoms with Crippen molar-refractivity contribution >= 4 is 46.4 Å². The Labute approximate surface area is 242 Å². The van der Waals surface area contributed by atoms with Crippen LogP contribution in [0.3, 0.4) is 0 Å². The van der Waals surface area contributed by atoms with Gasteiger partial charge in [-0.2, -0.15) is 0 Å². The van der Waals surface area contributed by atoms with Gasteiger partial charge in [-0.3, -0.25) is 4.99 Å². The second-order valence-corrected chi connectivity index (χ2v) is 9.96. The van der Waals surface area contributed by atoms with Gasteiger partial charge in [-0.1, -0.05) is 54.6 Å². The van der Waals surface area contributed by atoms with Gasteiger partial charge in [-0.25, -0.2) is 9.18 Å². The number of rotatable bonds is 6. The van der Waals surface area contributed by atoms with Crippen LogP contribution in [0.1, 0.15) is 58.4 Å². The number of urea groups is 1. The van der Waals surface area contributed by atoms with E-state index in [0.29, 0.717) is 17.3 Å². The van der Waals surface area contributed by atoms with Crippen molar-refractivity contribution in [2.24, 2.45) is 10.9 Å². The van der Waals surface area contributed by atoms with Gasteiger partial charge in [0, 0.05) is 30.8 Å². The molecule has 1 aliphatic carbocycles. The number of nitrogens with zero attached hydrogens (tertiary/aromatic N) is 1. The van der Waals surface area contributed by atoms with Crippen molar-refractivity contribution in [1.29, 1.82) is 0 Å². The third kappa shape index (κ3) is 10.5. The van der Waals surface area contributed by atoms with Crippen LogP contribution < -0.4 is 20.7 Å². The SMILES string of the molecule is C/C=C\C.CN=C(NC(C)C1CCCCC1)c1ccc(F)cc1NC(=O)Nc1c(Cl)cc(OC(F)(F)F)cc1Cl. The summed E-state index contributed by atoms with van der Waals surface area (Å²) in [5.41, 5.74) is 0.445. The van der Waals surface area contributed by atoms with Crippen LogP contribution in [0, 0.1) is 11.7 Å². The number of allylic oxidation sites excluding steroid dienone is 2. The van der Waals surface area contributed by atoms with Gasteiger partial charge in [-0.05, 0) is 57.7 Å².